The van der Waals surface area contributed by atoms with Gasteiger partial charge in [0.2, 0.25) is 11.8 Å². The molecule has 0 bridgehead atoms. The average Bonchev–Trinajstić information content (AvgIpc) is 3.32. The molecule has 120 valence electrons. The summed E-state index contributed by atoms with van der Waals surface area (Å²) in [6.07, 6.45) is 2.16. The van der Waals surface area contributed by atoms with Crippen LogP contribution < -0.4 is 5.32 Å². The molecule has 0 unspecified atom stereocenters. The van der Waals surface area contributed by atoms with Crippen molar-refractivity contribution in [2.45, 2.75) is 47.0 Å². The van der Waals surface area contributed by atoms with Gasteiger partial charge in [0.1, 0.15) is 5.41 Å². The Labute approximate surface area is 132 Å². The topological polar surface area (TPSA) is 49.4 Å². The van der Waals surface area contributed by atoms with E-state index in [2.05, 4.69) is 12.2 Å². The van der Waals surface area contributed by atoms with Gasteiger partial charge in [0, 0.05) is 18.8 Å². The fourth-order valence-corrected chi connectivity index (χ4v) is 2.91. The first-order valence-corrected chi connectivity index (χ1v) is 8.19. The molecule has 4 heteroatoms. The molecular formula is C18H26N2O2. The van der Waals surface area contributed by atoms with Crippen molar-refractivity contribution in [3.05, 3.63) is 29.3 Å². The molecule has 1 fully saturated rings. The zero-order valence-corrected chi connectivity index (χ0v) is 14.0. The maximum absolute atomic E-state index is 12.7. The minimum absolute atomic E-state index is 0.0263. The summed E-state index contributed by atoms with van der Waals surface area (Å²) in [6, 6.07) is 6.01. The lowest BCUT2D eigenvalue weighted by atomic mass is 10.0. The zero-order valence-electron chi connectivity index (χ0n) is 14.0. The van der Waals surface area contributed by atoms with Gasteiger partial charge in [-0.1, -0.05) is 25.1 Å². The van der Waals surface area contributed by atoms with Crippen LogP contribution in [-0.2, 0) is 16.0 Å². The molecule has 1 N–H and O–H groups in total. The molecular weight excluding hydrogens is 276 g/mol. The van der Waals surface area contributed by atoms with Crippen LogP contribution in [0.15, 0.2) is 18.2 Å². The Hall–Kier alpha value is -1.84. The average molecular weight is 302 g/mol. The van der Waals surface area contributed by atoms with Gasteiger partial charge in [-0.05, 0) is 51.2 Å². The van der Waals surface area contributed by atoms with Gasteiger partial charge < -0.3 is 10.2 Å². The number of hydrogen-bond acceptors (Lipinski definition) is 2. The van der Waals surface area contributed by atoms with Crippen molar-refractivity contribution in [3.8, 4) is 0 Å². The highest BCUT2D eigenvalue weighted by Gasteiger charge is 2.57. The highest BCUT2D eigenvalue weighted by Crippen LogP contribution is 2.48. The molecule has 0 spiro atoms. The van der Waals surface area contributed by atoms with Crippen molar-refractivity contribution in [2.24, 2.45) is 5.41 Å². The largest absolute Gasteiger partial charge is 0.342 e. The second kappa shape index (κ2) is 6.51. The number of hydrogen-bond donors (Lipinski definition) is 1. The van der Waals surface area contributed by atoms with Crippen LogP contribution in [0.2, 0.25) is 0 Å². The second-order valence-corrected chi connectivity index (χ2v) is 5.98. The Kier molecular flexibility index (Phi) is 4.89. The normalized spacial score (nSPS) is 15.3. The third kappa shape index (κ3) is 2.87. The first kappa shape index (κ1) is 16.5. The Morgan fingerprint density at radius 2 is 1.82 bits per heavy atom. The maximum Gasteiger partial charge on any atom is 0.240 e. The van der Waals surface area contributed by atoms with Crippen molar-refractivity contribution in [1.82, 2.24) is 4.90 Å². The highest BCUT2D eigenvalue weighted by atomic mass is 16.2. The molecule has 22 heavy (non-hydrogen) atoms. The molecule has 0 aromatic heterocycles. The number of anilines is 1. The number of amides is 2. The molecule has 0 radical (unpaired) electrons. The number of carbonyl (C=O) groups excluding carboxylic acids is 2. The van der Waals surface area contributed by atoms with Gasteiger partial charge in [0.05, 0.1) is 0 Å². The molecule has 0 heterocycles. The van der Waals surface area contributed by atoms with Gasteiger partial charge in [-0.25, -0.2) is 0 Å². The van der Waals surface area contributed by atoms with Gasteiger partial charge in [0.25, 0.3) is 0 Å². The molecule has 1 aliphatic rings. The van der Waals surface area contributed by atoms with Crippen LogP contribution in [0.5, 0.6) is 0 Å². The molecule has 1 aromatic rings. The van der Waals surface area contributed by atoms with E-state index in [-0.39, 0.29) is 11.8 Å². The summed E-state index contributed by atoms with van der Waals surface area (Å²) in [6.45, 7) is 9.25. The highest BCUT2D eigenvalue weighted by molar-refractivity contribution is 6.13. The van der Waals surface area contributed by atoms with Crippen molar-refractivity contribution in [3.63, 3.8) is 0 Å². The Morgan fingerprint density at radius 3 is 2.32 bits per heavy atom. The van der Waals surface area contributed by atoms with Gasteiger partial charge in [-0.15, -0.1) is 0 Å². The lowest BCUT2D eigenvalue weighted by Crippen LogP contribution is -2.43. The molecule has 0 atom stereocenters. The molecule has 0 aliphatic heterocycles. The predicted octanol–water partition coefficient (Wildman–Crippen LogP) is 3.14. The Bertz CT molecular complexity index is 572. The summed E-state index contributed by atoms with van der Waals surface area (Å²) in [5.74, 6) is -0.171. The van der Waals surface area contributed by atoms with Crippen molar-refractivity contribution < 1.29 is 9.59 Å². The van der Waals surface area contributed by atoms with E-state index in [9.17, 15) is 9.59 Å². The van der Waals surface area contributed by atoms with E-state index in [0.717, 1.165) is 23.2 Å². The first-order chi connectivity index (χ1) is 10.5. The molecule has 2 rings (SSSR count). The molecule has 1 saturated carbocycles. The summed E-state index contributed by atoms with van der Waals surface area (Å²) in [5, 5.41) is 3.03. The van der Waals surface area contributed by atoms with Crippen LogP contribution in [0.4, 0.5) is 5.69 Å². The van der Waals surface area contributed by atoms with Crippen molar-refractivity contribution >= 4 is 17.5 Å². The smallest absolute Gasteiger partial charge is 0.240 e. The molecule has 1 aliphatic carbocycles. The summed E-state index contributed by atoms with van der Waals surface area (Å²) in [5.41, 5.74) is 2.19. The maximum atomic E-state index is 12.7. The molecule has 0 saturated heterocycles. The Morgan fingerprint density at radius 1 is 1.18 bits per heavy atom. The minimum Gasteiger partial charge on any atom is -0.342 e. The quantitative estimate of drug-likeness (QED) is 0.821. The lowest BCUT2D eigenvalue weighted by molar-refractivity contribution is -0.141. The van der Waals surface area contributed by atoms with E-state index in [4.69, 9.17) is 0 Å². The summed E-state index contributed by atoms with van der Waals surface area (Å²) in [4.78, 5) is 27.1. The number of carbonyl (C=O) groups is 2. The van der Waals surface area contributed by atoms with Crippen LogP contribution in [-0.4, -0.2) is 29.8 Å². The number of aryl methyl sites for hydroxylation is 2. The SMILES string of the molecule is CCc1cccc(C)c1NC(=O)C1(C(=O)N(CC)CC)CC1. The van der Waals surface area contributed by atoms with Gasteiger partial charge in [0.15, 0.2) is 0 Å². The van der Waals surface area contributed by atoms with E-state index >= 15 is 0 Å². The standard InChI is InChI=1S/C18H26N2O2/c1-5-14-10-8-9-13(4)15(14)19-16(21)18(11-12-18)17(22)20(6-2)7-3/h8-10H,5-7,11-12H2,1-4H3,(H,19,21). The van der Waals surface area contributed by atoms with Crippen LogP contribution in [0.25, 0.3) is 0 Å². The van der Waals surface area contributed by atoms with Crippen LogP contribution in [0.3, 0.4) is 0 Å². The fraction of sp³-hybridized carbons (Fsp3) is 0.556. The third-order valence-electron chi connectivity index (χ3n) is 4.62. The zero-order chi connectivity index (χ0) is 16.3. The minimum atomic E-state index is -0.834. The molecule has 2 amide bonds. The predicted molar refractivity (Wildman–Crippen MR) is 88.8 cm³/mol. The second-order valence-electron chi connectivity index (χ2n) is 5.98. The van der Waals surface area contributed by atoms with E-state index in [1.54, 1.807) is 4.90 Å². The van der Waals surface area contributed by atoms with Crippen molar-refractivity contribution in [1.29, 1.82) is 0 Å². The summed E-state index contributed by atoms with van der Waals surface area (Å²) < 4.78 is 0. The summed E-state index contributed by atoms with van der Waals surface area (Å²) >= 11 is 0. The monoisotopic (exact) mass is 302 g/mol. The van der Waals surface area contributed by atoms with E-state index in [1.165, 1.54) is 0 Å². The lowest BCUT2D eigenvalue weighted by Gasteiger charge is -2.25. The first-order valence-electron chi connectivity index (χ1n) is 8.19. The van der Waals surface area contributed by atoms with Crippen LogP contribution in [0.1, 0.15) is 44.7 Å². The fourth-order valence-electron chi connectivity index (χ4n) is 2.91. The van der Waals surface area contributed by atoms with Crippen LogP contribution in [0, 0.1) is 12.3 Å². The van der Waals surface area contributed by atoms with Crippen LogP contribution >= 0.6 is 0 Å². The van der Waals surface area contributed by atoms with Crippen molar-refractivity contribution in [2.75, 3.05) is 18.4 Å². The molecule has 1 aromatic carbocycles. The Balaban J connectivity index is 2.21. The number of nitrogens with zero attached hydrogens (tertiary/aromatic N) is 1. The number of nitrogens with one attached hydrogen (secondary N) is 1. The van der Waals surface area contributed by atoms with Gasteiger partial charge >= 0.3 is 0 Å². The molecule has 4 nitrogen and oxygen atoms in total. The van der Waals surface area contributed by atoms with Gasteiger partial charge in [-0.2, -0.15) is 0 Å². The van der Waals surface area contributed by atoms with E-state index < -0.39 is 5.41 Å². The van der Waals surface area contributed by atoms with Gasteiger partial charge in [-0.3, -0.25) is 9.59 Å². The van der Waals surface area contributed by atoms with E-state index in [1.807, 2.05) is 39.0 Å². The number of rotatable bonds is 6. The number of para-hydroxylation sites is 1. The van der Waals surface area contributed by atoms with E-state index in [0.29, 0.717) is 25.9 Å². The summed E-state index contributed by atoms with van der Waals surface area (Å²) in [7, 11) is 0. The number of benzene rings is 1. The third-order valence-corrected chi connectivity index (χ3v) is 4.62.